The molecule has 1 rings (SSSR count). The fourth-order valence-corrected chi connectivity index (χ4v) is 2.59. The smallest absolute Gasteiger partial charge is 0.276 e. The first-order chi connectivity index (χ1) is 11.0. The topological polar surface area (TPSA) is 104 Å². The molecule has 1 heterocycles. The van der Waals surface area contributed by atoms with E-state index in [1.807, 2.05) is 31.1 Å². The molecule has 0 aliphatic carbocycles. The van der Waals surface area contributed by atoms with Gasteiger partial charge in [-0.2, -0.15) is 11.8 Å². The van der Waals surface area contributed by atoms with Crippen LogP contribution in [0.15, 0.2) is 33.9 Å². The van der Waals surface area contributed by atoms with Crippen LogP contribution in [0.3, 0.4) is 0 Å². The molecule has 0 aliphatic rings. The van der Waals surface area contributed by atoms with E-state index in [1.54, 1.807) is 11.8 Å². The van der Waals surface area contributed by atoms with Gasteiger partial charge >= 0.3 is 0 Å². The molecule has 0 radical (unpaired) electrons. The second kappa shape index (κ2) is 9.85. The zero-order valence-electron chi connectivity index (χ0n) is 13.4. The van der Waals surface area contributed by atoms with E-state index in [4.69, 9.17) is 4.42 Å². The van der Waals surface area contributed by atoms with Gasteiger partial charge in [-0.05, 0) is 26.2 Å². The Morgan fingerprint density at radius 1 is 1.48 bits per heavy atom. The molecule has 0 bridgehead atoms. The highest BCUT2D eigenvalue weighted by atomic mass is 32.2. The summed E-state index contributed by atoms with van der Waals surface area (Å²) >= 11 is 1.56. The molecule has 128 valence electrons. The van der Waals surface area contributed by atoms with Gasteiger partial charge in [-0.15, -0.1) is 4.91 Å². The van der Waals surface area contributed by atoms with Crippen molar-refractivity contribution in [2.45, 2.75) is 12.3 Å². The van der Waals surface area contributed by atoms with E-state index in [-0.39, 0.29) is 12.4 Å². The van der Waals surface area contributed by atoms with Gasteiger partial charge in [0.1, 0.15) is 11.5 Å². The Morgan fingerprint density at radius 2 is 2.17 bits per heavy atom. The zero-order valence-corrected chi connectivity index (χ0v) is 14.2. The molecular weight excluding hydrogens is 322 g/mol. The molecule has 1 aromatic heterocycles. The van der Waals surface area contributed by atoms with Gasteiger partial charge in [0, 0.05) is 12.8 Å². The van der Waals surface area contributed by atoms with E-state index in [0.717, 1.165) is 23.1 Å². The first-order valence-electron chi connectivity index (χ1n) is 6.90. The highest BCUT2D eigenvalue weighted by Gasteiger charge is 2.12. The van der Waals surface area contributed by atoms with Crippen LogP contribution in [-0.4, -0.2) is 48.3 Å². The maximum atomic E-state index is 10.8. The standard InChI is InChI=1S/C13H21N5O4S/c1-14-13(9-18(20)21)17(15-19)6-7-23-10-12-5-4-11(22-12)8-16(2)3/h4-5,9,14H,6-8,10H2,1-3H3/b13-9+. The number of hydrogen-bond acceptors (Lipinski definition) is 8. The minimum Gasteiger partial charge on any atom is -0.464 e. The van der Waals surface area contributed by atoms with Gasteiger partial charge in [0.2, 0.25) is 0 Å². The molecule has 23 heavy (non-hydrogen) atoms. The first-order valence-corrected chi connectivity index (χ1v) is 8.05. The van der Waals surface area contributed by atoms with Gasteiger partial charge in [0.15, 0.2) is 5.82 Å². The van der Waals surface area contributed by atoms with Crippen LogP contribution in [0.1, 0.15) is 11.5 Å². The predicted molar refractivity (Wildman–Crippen MR) is 88.9 cm³/mol. The molecule has 0 spiro atoms. The first kappa shape index (κ1) is 19.0. The number of nitrogens with zero attached hydrogens (tertiary/aromatic N) is 4. The van der Waals surface area contributed by atoms with Crippen molar-refractivity contribution in [1.29, 1.82) is 0 Å². The Balaban J connectivity index is 2.41. The molecule has 10 heteroatoms. The average molecular weight is 343 g/mol. The quantitative estimate of drug-likeness (QED) is 0.281. The van der Waals surface area contributed by atoms with Crippen molar-refractivity contribution in [3.05, 3.63) is 50.7 Å². The number of nitrogens with one attached hydrogen (secondary N) is 1. The minimum absolute atomic E-state index is 0.0527. The fraction of sp³-hybridized carbons (Fsp3) is 0.538. The Bertz CT molecular complexity index is 546. The zero-order chi connectivity index (χ0) is 17.2. The highest BCUT2D eigenvalue weighted by Crippen LogP contribution is 2.17. The number of thioether (sulfide) groups is 1. The van der Waals surface area contributed by atoms with Crippen LogP contribution in [0.2, 0.25) is 0 Å². The molecule has 0 aromatic carbocycles. The highest BCUT2D eigenvalue weighted by molar-refractivity contribution is 7.98. The Kier molecular flexibility index (Phi) is 8.13. The summed E-state index contributed by atoms with van der Waals surface area (Å²) in [4.78, 5) is 22.7. The van der Waals surface area contributed by atoms with Crippen LogP contribution in [0.25, 0.3) is 0 Å². The van der Waals surface area contributed by atoms with Gasteiger partial charge in [0.25, 0.3) is 6.20 Å². The molecule has 0 amide bonds. The maximum Gasteiger partial charge on any atom is 0.276 e. The van der Waals surface area contributed by atoms with Crippen molar-refractivity contribution in [2.75, 3.05) is 33.4 Å². The summed E-state index contributed by atoms with van der Waals surface area (Å²) in [6, 6.07) is 3.86. The van der Waals surface area contributed by atoms with E-state index in [0.29, 0.717) is 17.7 Å². The van der Waals surface area contributed by atoms with Crippen molar-refractivity contribution in [3.8, 4) is 0 Å². The fourth-order valence-electron chi connectivity index (χ4n) is 1.79. The van der Waals surface area contributed by atoms with E-state index < -0.39 is 4.92 Å². The number of rotatable bonds is 11. The minimum atomic E-state index is -0.633. The summed E-state index contributed by atoms with van der Waals surface area (Å²) in [6.07, 6.45) is 0.714. The maximum absolute atomic E-state index is 10.8. The van der Waals surface area contributed by atoms with Crippen LogP contribution in [-0.2, 0) is 12.3 Å². The van der Waals surface area contributed by atoms with Crippen molar-refractivity contribution in [3.63, 3.8) is 0 Å². The molecule has 9 nitrogen and oxygen atoms in total. The van der Waals surface area contributed by atoms with Gasteiger partial charge < -0.3 is 14.6 Å². The molecular formula is C13H21N5O4S. The summed E-state index contributed by atoms with van der Waals surface area (Å²) in [5, 5.41) is 16.9. The lowest BCUT2D eigenvalue weighted by atomic mass is 10.4. The van der Waals surface area contributed by atoms with Crippen LogP contribution in [0.5, 0.6) is 0 Å². The Hall–Kier alpha value is -2.07. The number of furan rings is 1. The number of hydrogen-bond donors (Lipinski definition) is 1. The van der Waals surface area contributed by atoms with Crippen LogP contribution in [0.4, 0.5) is 0 Å². The van der Waals surface area contributed by atoms with Gasteiger partial charge in [0.05, 0.1) is 29.1 Å². The molecule has 0 aliphatic heterocycles. The third-order valence-electron chi connectivity index (χ3n) is 2.74. The van der Waals surface area contributed by atoms with Gasteiger partial charge in [-0.25, -0.2) is 5.01 Å². The third kappa shape index (κ3) is 7.15. The van der Waals surface area contributed by atoms with Crippen molar-refractivity contribution in [1.82, 2.24) is 15.2 Å². The summed E-state index contributed by atoms with van der Waals surface area (Å²) < 4.78 is 5.67. The molecule has 1 N–H and O–H groups in total. The summed E-state index contributed by atoms with van der Waals surface area (Å²) in [7, 11) is 5.43. The lowest BCUT2D eigenvalue weighted by Gasteiger charge is -2.15. The summed E-state index contributed by atoms with van der Waals surface area (Å²) in [5.41, 5.74) is 0. The Labute approximate surface area is 138 Å². The molecule has 0 fully saturated rings. The van der Waals surface area contributed by atoms with Crippen LogP contribution in [0, 0.1) is 15.0 Å². The lowest BCUT2D eigenvalue weighted by molar-refractivity contribution is -0.404. The Morgan fingerprint density at radius 3 is 2.74 bits per heavy atom. The second-order valence-electron chi connectivity index (χ2n) is 4.91. The van der Waals surface area contributed by atoms with Crippen molar-refractivity contribution < 1.29 is 9.34 Å². The molecule has 0 atom stereocenters. The molecule has 1 aromatic rings. The SMILES string of the molecule is CN/C(=C\[N+](=O)[O-])N(CCSCc1ccc(CN(C)C)o1)N=O. The van der Waals surface area contributed by atoms with Crippen LogP contribution >= 0.6 is 11.8 Å². The molecule has 0 saturated heterocycles. The van der Waals surface area contributed by atoms with E-state index in [9.17, 15) is 15.0 Å². The number of nitroso groups, excluding NO2 is 1. The lowest BCUT2D eigenvalue weighted by Crippen LogP contribution is -2.28. The number of nitro groups is 1. The largest absolute Gasteiger partial charge is 0.464 e. The molecule has 0 saturated carbocycles. The van der Waals surface area contributed by atoms with E-state index in [2.05, 4.69) is 10.6 Å². The second-order valence-corrected chi connectivity index (χ2v) is 6.02. The summed E-state index contributed by atoms with van der Waals surface area (Å²) in [6.45, 7) is 1.00. The van der Waals surface area contributed by atoms with Crippen molar-refractivity contribution in [2.24, 2.45) is 5.29 Å². The van der Waals surface area contributed by atoms with Crippen LogP contribution < -0.4 is 5.32 Å². The van der Waals surface area contributed by atoms with Gasteiger partial charge in [-0.3, -0.25) is 10.1 Å². The monoisotopic (exact) mass is 343 g/mol. The van der Waals surface area contributed by atoms with Gasteiger partial charge in [-0.1, -0.05) is 0 Å². The summed E-state index contributed by atoms with van der Waals surface area (Å²) in [5.74, 6) is 3.04. The van der Waals surface area contributed by atoms with E-state index >= 15 is 0 Å². The average Bonchev–Trinajstić information content (AvgIpc) is 2.91. The van der Waals surface area contributed by atoms with E-state index in [1.165, 1.54) is 7.05 Å². The molecule has 0 unspecified atom stereocenters. The van der Waals surface area contributed by atoms with Crippen molar-refractivity contribution >= 4 is 11.8 Å². The normalized spacial score (nSPS) is 11.6. The predicted octanol–water partition coefficient (Wildman–Crippen LogP) is 1.85. The third-order valence-corrected chi connectivity index (χ3v) is 3.70.